The summed E-state index contributed by atoms with van der Waals surface area (Å²) >= 11 is 0. The Bertz CT molecular complexity index is 915. The van der Waals surface area contributed by atoms with Crippen molar-refractivity contribution in [3.63, 3.8) is 0 Å². The van der Waals surface area contributed by atoms with Gasteiger partial charge in [0.1, 0.15) is 11.5 Å². The van der Waals surface area contributed by atoms with E-state index in [-0.39, 0.29) is 12.6 Å². The molecule has 0 aliphatic carbocycles. The maximum absolute atomic E-state index is 12.4. The van der Waals surface area contributed by atoms with Crippen LogP contribution in [-0.2, 0) is 9.53 Å². The van der Waals surface area contributed by atoms with Crippen molar-refractivity contribution >= 4 is 12.0 Å². The Balaban J connectivity index is 1.80. The second-order valence-electron chi connectivity index (χ2n) is 7.19. The zero-order chi connectivity index (χ0) is 21.0. The van der Waals surface area contributed by atoms with Gasteiger partial charge in [0, 0.05) is 5.70 Å². The van der Waals surface area contributed by atoms with Crippen molar-refractivity contribution < 1.29 is 19.1 Å². The minimum atomic E-state index is -0.581. The number of ether oxygens (including phenoxy) is 2. The highest BCUT2D eigenvalue weighted by molar-refractivity contribution is 5.95. The molecule has 1 aliphatic heterocycles. The first-order valence-electron chi connectivity index (χ1n) is 9.72. The summed E-state index contributed by atoms with van der Waals surface area (Å²) in [6, 6.07) is 14.4. The van der Waals surface area contributed by atoms with E-state index in [1.54, 1.807) is 13.8 Å². The fourth-order valence-electron chi connectivity index (χ4n) is 3.21. The Morgan fingerprint density at radius 1 is 1.03 bits per heavy atom. The Morgan fingerprint density at radius 3 is 2.17 bits per heavy atom. The molecule has 1 unspecified atom stereocenters. The van der Waals surface area contributed by atoms with Crippen molar-refractivity contribution in [2.75, 3.05) is 6.61 Å². The molecule has 2 N–H and O–H groups in total. The molecule has 2 amide bonds. The van der Waals surface area contributed by atoms with Gasteiger partial charge < -0.3 is 20.1 Å². The fraction of sp³-hybridized carbons (Fsp3) is 0.304. The molecular formula is C23H26N2O4. The summed E-state index contributed by atoms with van der Waals surface area (Å²) in [5.74, 6) is 1.44. The van der Waals surface area contributed by atoms with Gasteiger partial charge in [-0.1, -0.05) is 38.1 Å². The standard InChI is InChI=1S/C23H26N2O4/c1-5-28-22(26)20-15(4)24-23(27)25-21(20)17-8-12-19(13-9-17)29-18-10-6-16(7-11-18)14(2)3/h6-14,21H,5H2,1-4H3,(H2,24,25,27). The van der Waals surface area contributed by atoms with E-state index in [0.717, 1.165) is 11.3 Å². The molecule has 0 radical (unpaired) electrons. The number of allylic oxidation sites excluding steroid dienone is 1. The lowest BCUT2D eigenvalue weighted by atomic mass is 9.95. The fourth-order valence-corrected chi connectivity index (χ4v) is 3.21. The van der Waals surface area contributed by atoms with Crippen LogP contribution in [0.2, 0.25) is 0 Å². The Morgan fingerprint density at radius 2 is 1.62 bits per heavy atom. The number of hydrogen-bond donors (Lipinski definition) is 2. The monoisotopic (exact) mass is 394 g/mol. The van der Waals surface area contributed by atoms with Crippen LogP contribution in [0.25, 0.3) is 0 Å². The van der Waals surface area contributed by atoms with Crippen molar-refractivity contribution in [1.82, 2.24) is 10.6 Å². The van der Waals surface area contributed by atoms with Crippen molar-refractivity contribution in [2.24, 2.45) is 0 Å². The first kappa shape index (κ1) is 20.5. The van der Waals surface area contributed by atoms with E-state index < -0.39 is 12.0 Å². The molecule has 0 fully saturated rings. The highest BCUT2D eigenvalue weighted by Gasteiger charge is 2.32. The van der Waals surface area contributed by atoms with Gasteiger partial charge in [-0.25, -0.2) is 9.59 Å². The zero-order valence-electron chi connectivity index (χ0n) is 17.1. The number of urea groups is 1. The summed E-state index contributed by atoms with van der Waals surface area (Å²) in [4.78, 5) is 24.3. The summed E-state index contributed by atoms with van der Waals surface area (Å²) < 4.78 is 11.1. The molecule has 6 nitrogen and oxygen atoms in total. The number of hydrogen-bond acceptors (Lipinski definition) is 4. The molecule has 152 valence electrons. The van der Waals surface area contributed by atoms with Crippen LogP contribution in [0.15, 0.2) is 59.8 Å². The number of benzene rings is 2. The van der Waals surface area contributed by atoms with Gasteiger partial charge in [0.15, 0.2) is 0 Å². The number of amides is 2. The van der Waals surface area contributed by atoms with Gasteiger partial charge in [-0.3, -0.25) is 0 Å². The zero-order valence-corrected chi connectivity index (χ0v) is 17.1. The number of carbonyl (C=O) groups excluding carboxylic acids is 2. The first-order valence-corrected chi connectivity index (χ1v) is 9.72. The summed E-state index contributed by atoms with van der Waals surface area (Å²) in [5, 5.41) is 5.42. The van der Waals surface area contributed by atoms with Crippen LogP contribution in [-0.4, -0.2) is 18.6 Å². The van der Waals surface area contributed by atoms with Crippen LogP contribution in [0, 0.1) is 0 Å². The molecule has 6 heteroatoms. The third kappa shape index (κ3) is 4.77. The van der Waals surface area contributed by atoms with Crippen molar-refractivity contribution in [1.29, 1.82) is 0 Å². The van der Waals surface area contributed by atoms with E-state index in [4.69, 9.17) is 9.47 Å². The topological polar surface area (TPSA) is 76.7 Å². The maximum Gasteiger partial charge on any atom is 0.338 e. The van der Waals surface area contributed by atoms with E-state index in [2.05, 4.69) is 36.6 Å². The van der Waals surface area contributed by atoms with Gasteiger partial charge in [0.25, 0.3) is 0 Å². The van der Waals surface area contributed by atoms with Gasteiger partial charge in [0.05, 0.1) is 18.2 Å². The van der Waals surface area contributed by atoms with Crippen LogP contribution in [0.3, 0.4) is 0 Å². The van der Waals surface area contributed by atoms with E-state index in [1.165, 1.54) is 5.56 Å². The molecule has 2 aromatic carbocycles. The molecule has 0 bridgehead atoms. The largest absolute Gasteiger partial charge is 0.463 e. The SMILES string of the molecule is CCOC(=O)C1=C(C)NC(=O)NC1c1ccc(Oc2ccc(C(C)C)cc2)cc1. The number of rotatable bonds is 6. The summed E-state index contributed by atoms with van der Waals surface area (Å²) in [5.41, 5.74) is 2.90. The summed E-state index contributed by atoms with van der Waals surface area (Å²) in [6.45, 7) is 8.00. The predicted octanol–water partition coefficient (Wildman–Crippen LogP) is 4.79. The molecule has 1 heterocycles. The number of nitrogens with one attached hydrogen (secondary N) is 2. The molecule has 1 aliphatic rings. The predicted molar refractivity (Wildman–Crippen MR) is 111 cm³/mol. The lowest BCUT2D eigenvalue weighted by Gasteiger charge is -2.28. The molecule has 29 heavy (non-hydrogen) atoms. The van der Waals surface area contributed by atoms with Crippen LogP contribution >= 0.6 is 0 Å². The molecule has 0 spiro atoms. The van der Waals surface area contributed by atoms with E-state index in [1.807, 2.05) is 36.4 Å². The smallest absolute Gasteiger partial charge is 0.338 e. The number of esters is 1. The Hall–Kier alpha value is -3.28. The Kier molecular flexibility index (Phi) is 6.22. The summed E-state index contributed by atoms with van der Waals surface area (Å²) in [6.07, 6.45) is 0. The molecule has 0 aromatic heterocycles. The van der Waals surface area contributed by atoms with Crippen molar-refractivity contribution in [2.45, 2.75) is 39.7 Å². The second kappa shape index (κ2) is 8.82. The van der Waals surface area contributed by atoms with Gasteiger partial charge >= 0.3 is 12.0 Å². The average Bonchev–Trinajstić information content (AvgIpc) is 2.68. The lowest BCUT2D eigenvalue weighted by molar-refractivity contribution is -0.139. The molecule has 0 saturated heterocycles. The van der Waals surface area contributed by atoms with Crippen LogP contribution in [0.5, 0.6) is 11.5 Å². The van der Waals surface area contributed by atoms with Gasteiger partial charge in [-0.05, 0) is 55.2 Å². The molecular weight excluding hydrogens is 368 g/mol. The quantitative estimate of drug-likeness (QED) is 0.691. The average molecular weight is 394 g/mol. The van der Waals surface area contributed by atoms with E-state index in [0.29, 0.717) is 22.9 Å². The second-order valence-corrected chi connectivity index (χ2v) is 7.19. The molecule has 1 atom stereocenters. The maximum atomic E-state index is 12.4. The third-order valence-electron chi connectivity index (χ3n) is 4.76. The molecule has 2 aromatic rings. The van der Waals surface area contributed by atoms with Gasteiger partial charge in [-0.15, -0.1) is 0 Å². The van der Waals surface area contributed by atoms with Crippen LogP contribution < -0.4 is 15.4 Å². The Labute approximate surface area is 170 Å². The van der Waals surface area contributed by atoms with Crippen molar-refractivity contribution in [3.8, 4) is 11.5 Å². The van der Waals surface area contributed by atoms with E-state index >= 15 is 0 Å². The van der Waals surface area contributed by atoms with Crippen LogP contribution in [0.1, 0.15) is 50.8 Å². The van der Waals surface area contributed by atoms with Gasteiger partial charge in [-0.2, -0.15) is 0 Å². The lowest BCUT2D eigenvalue weighted by Crippen LogP contribution is -2.45. The molecule has 0 saturated carbocycles. The minimum absolute atomic E-state index is 0.263. The molecule has 3 rings (SSSR count). The summed E-state index contributed by atoms with van der Waals surface area (Å²) in [7, 11) is 0. The van der Waals surface area contributed by atoms with Crippen LogP contribution in [0.4, 0.5) is 4.79 Å². The normalized spacial score (nSPS) is 16.3. The minimum Gasteiger partial charge on any atom is -0.463 e. The first-order chi connectivity index (χ1) is 13.9. The van der Waals surface area contributed by atoms with Crippen molar-refractivity contribution in [3.05, 3.63) is 70.9 Å². The highest BCUT2D eigenvalue weighted by Crippen LogP contribution is 2.30. The highest BCUT2D eigenvalue weighted by atomic mass is 16.5. The van der Waals surface area contributed by atoms with E-state index in [9.17, 15) is 9.59 Å². The third-order valence-corrected chi connectivity index (χ3v) is 4.76. The number of carbonyl (C=O) groups is 2. The van der Waals surface area contributed by atoms with Gasteiger partial charge in [0.2, 0.25) is 0 Å².